The molecule has 1 atom stereocenters. The molecule has 24 heavy (non-hydrogen) atoms. The highest BCUT2D eigenvalue weighted by Gasteiger charge is 2.35. The molecule has 2 N–H and O–H groups in total. The molecular formula is C14H19N3O5S2. The molecule has 0 saturated carbocycles. The van der Waals surface area contributed by atoms with E-state index >= 15 is 0 Å². The van der Waals surface area contributed by atoms with Gasteiger partial charge in [0.25, 0.3) is 10.0 Å². The molecule has 0 aliphatic carbocycles. The molecule has 1 aromatic heterocycles. The van der Waals surface area contributed by atoms with Crippen LogP contribution in [0.1, 0.15) is 6.42 Å². The summed E-state index contributed by atoms with van der Waals surface area (Å²) in [6.45, 7) is 4.18. The van der Waals surface area contributed by atoms with E-state index < -0.39 is 28.1 Å². The smallest absolute Gasteiger partial charge is 0.309 e. The lowest BCUT2D eigenvalue weighted by atomic mass is 10.3. The van der Waals surface area contributed by atoms with Crippen LogP contribution in [0.5, 0.6) is 0 Å². The largest absolute Gasteiger partial charge is 0.360 e. The van der Waals surface area contributed by atoms with Crippen molar-refractivity contribution in [2.24, 2.45) is 0 Å². The predicted octanol–water partition coefficient (Wildman–Crippen LogP) is -0.0964. The van der Waals surface area contributed by atoms with E-state index in [9.17, 15) is 18.0 Å². The Kier molecular flexibility index (Phi) is 6.49. The zero-order chi connectivity index (χ0) is 17.6. The summed E-state index contributed by atoms with van der Waals surface area (Å²) in [5.41, 5.74) is 0. The molecular weight excluding hydrogens is 354 g/mol. The van der Waals surface area contributed by atoms with Crippen molar-refractivity contribution in [1.29, 1.82) is 0 Å². The van der Waals surface area contributed by atoms with Crippen molar-refractivity contribution in [1.82, 2.24) is 14.9 Å². The van der Waals surface area contributed by atoms with Gasteiger partial charge >= 0.3 is 11.8 Å². The van der Waals surface area contributed by atoms with Crippen LogP contribution in [0.4, 0.5) is 0 Å². The third kappa shape index (κ3) is 4.41. The number of hydrogen-bond donors (Lipinski definition) is 2. The van der Waals surface area contributed by atoms with Crippen LogP contribution < -0.4 is 10.6 Å². The molecule has 0 unspecified atom stereocenters. The molecule has 10 heteroatoms. The average Bonchev–Trinajstić information content (AvgIpc) is 3.13. The number of amides is 2. The first-order valence-corrected chi connectivity index (χ1v) is 9.62. The molecule has 2 amide bonds. The zero-order valence-electron chi connectivity index (χ0n) is 12.9. The Morgan fingerprint density at radius 2 is 2.17 bits per heavy atom. The fourth-order valence-corrected chi connectivity index (χ4v) is 4.82. The lowest BCUT2D eigenvalue weighted by Crippen LogP contribution is -2.53. The minimum atomic E-state index is -3.69. The third-order valence-corrected chi connectivity index (χ3v) is 6.52. The number of hydrogen-bond acceptors (Lipinski definition) is 6. The summed E-state index contributed by atoms with van der Waals surface area (Å²) in [5.74, 6) is -1.65. The number of thiophene rings is 1. The van der Waals surface area contributed by atoms with Gasteiger partial charge in [-0.15, -0.1) is 17.9 Å². The van der Waals surface area contributed by atoms with Gasteiger partial charge in [0.05, 0.1) is 13.2 Å². The normalized spacial score (nSPS) is 18.8. The number of nitrogens with one attached hydrogen (secondary N) is 2. The van der Waals surface area contributed by atoms with Crippen molar-refractivity contribution >= 4 is 33.2 Å². The van der Waals surface area contributed by atoms with E-state index in [-0.39, 0.29) is 17.3 Å². The Morgan fingerprint density at radius 3 is 2.83 bits per heavy atom. The highest BCUT2D eigenvalue weighted by atomic mass is 32.2. The molecule has 1 saturated heterocycles. The number of carbonyl (C=O) groups is 2. The fraction of sp³-hybridized carbons (Fsp3) is 0.429. The molecule has 0 aromatic carbocycles. The van der Waals surface area contributed by atoms with Crippen molar-refractivity contribution in [3.05, 3.63) is 30.2 Å². The van der Waals surface area contributed by atoms with Crippen molar-refractivity contribution < 1.29 is 22.7 Å². The summed E-state index contributed by atoms with van der Waals surface area (Å²) < 4.78 is 32.2. The molecule has 8 nitrogen and oxygen atoms in total. The SMILES string of the molecule is C=CCNC(=O)C(=O)NC[C@H]1OCCCN1S(=O)(=O)c1cccs1. The average molecular weight is 373 g/mol. The van der Waals surface area contributed by atoms with Crippen LogP contribution in [0.25, 0.3) is 0 Å². The standard InChI is InChI=1S/C14H19N3O5S2/c1-2-6-15-13(18)14(19)16-10-11-17(7-4-8-22-11)24(20,21)12-5-3-9-23-12/h2-3,5,9,11H,1,4,6-8,10H2,(H,15,18)(H,16,19)/t11-/m1/s1. The third-order valence-electron chi connectivity index (χ3n) is 3.26. The van der Waals surface area contributed by atoms with Gasteiger partial charge in [-0.2, -0.15) is 4.31 Å². The molecule has 2 heterocycles. The lowest BCUT2D eigenvalue weighted by molar-refractivity contribution is -0.140. The van der Waals surface area contributed by atoms with Crippen molar-refractivity contribution in [2.75, 3.05) is 26.2 Å². The molecule has 1 aromatic rings. The molecule has 0 radical (unpaired) electrons. The maximum Gasteiger partial charge on any atom is 0.309 e. The Labute approximate surface area is 144 Å². The van der Waals surface area contributed by atoms with Crippen LogP contribution in [-0.2, 0) is 24.3 Å². The van der Waals surface area contributed by atoms with E-state index in [0.717, 1.165) is 11.3 Å². The minimum absolute atomic E-state index is 0.106. The van der Waals surface area contributed by atoms with Gasteiger partial charge in [0.1, 0.15) is 10.4 Å². The van der Waals surface area contributed by atoms with Crippen LogP contribution in [0, 0.1) is 0 Å². The van der Waals surface area contributed by atoms with Crippen LogP contribution in [0.2, 0.25) is 0 Å². The van der Waals surface area contributed by atoms with E-state index in [4.69, 9.17) is 4.74 Å². The van der Waals surface area contributed by atoms with Crippen LogP contribution in [0.3, 0.4) is 0 Å². The fourth-order valence-electron chi connectivity index (χ4n) is 2.13. The summed E-state index contributed by atoms with van der Waals surface area (Å²) in [4.78, 5) is 23.2. The van der Waals surface area contributed by atoms with Gasteiger partial charge in [-0.25, -0.2) is 8.42 Å². The topological polar surface area (TPSA) is 105 Å². The number of nitrogens with zero attached hydrogens (tertiary/aromatic N) is 1. The van der Waals surface area contributed by atoms with Gasteiger partial charge < -0.3 is 15.4 Å². The van der Waals surface area contributed by atoms with Gasteiger partial charge in [-0.1, -0.05) is 12.1 Å². The molecule has 2 rings (SSSR count). The van der Waals surface area contributed by atoms with Crippen LogP contribution in [-0.4, -0.2) is 57.0 Å². The molecule has 1 aliphatic heterocycles. The van der Waals surface area contributed by atoms with Gasteiger partial charge in [-0.05, 0) is 17.9 Å². The molecule has 0 spiro atoms. The predicted molar refractivity (Wildman–Crippen MR) is 88.8 cm³/mol. The summed E-state index contributed by atoms with van der Waals surface area (Å²) in [6.07, 6.45) is 1.17. The lowest BCUT2D eigenvalue weighted by Gasteiger charge is -2.34. The molecule has 1 aliphatic rings. The minimum Gasteiger partial charge on any atom is -0.360 e. The molecule has 1 fully saturated rings. The Morgan fingerprint density at radius 1 is 1.42 bits per heavy atom. The van der Waals surface area contributed by atoms with Crippen molar-refractivity contribution in [3.63, 3.8) is 0 Å². The maximum atomic E-state index is 12.6. The summed E-state index contributed by atoms with van der Waals surface area (Å²) in [6, 6.07) is 3.18. The molecule has 0 bridgehead atoms. The monoisotopic (exact) mass is 373 g/mol. The van der Waals surface area contributed by atoms with Crippen LogP contribution >= 0.6 is 11.3 Å². The van der Waals surface area contributed by atoms with E-state index in [1.807, 2.05) is 0 Å². The summed E-state index contributed by atoms with van der Waals surface area (Å²) in [7, 11) is -3.69. The van der Waals surface area contributed by atoms with Gasteiger partial charge in [0.2, 0.25) is 0 Å². The second-order valence-electron chi connectivity index (χ2n) is 4.94. The van der Waals surface area contributed by atoms with Gasteiger partial charge in [-0.3, -0.25) is 9.59 Å². The highest BCUT2D eigenvalue weighted by molar-refractivity contribution is 7.91. The first-order valence-electron chi connectivity index (χ1n) is 7.30. The Balaban J connectivity index is 2.01. The van der Waals surface area contributed by atoms with Gasteiger partial charge in [0, 0.05) is 13.1 Å². The van der Waals surface area contributed by atoms with E-state index in [1.165, 1.54) is 16.4 Å². The van der Waals surface area contributed by atoms with Crippen LogP contribution in [0.15, 0.2) is 34.4 Å². The van der Waals surface area contributed by atoms with E-state index in [1.54, 1.807) is 11.4 Å². The molecule has 132 valence electrons. The summed E-state index contributed by atoms with van der Waals surface area (Å²) >= 11 is 1.12. The number of sulfonamides is 1. The second-order valence-corrected chi connectivity index (χ2v) is 8.00. The first kappa shape index (κ1) is 18.6. The van der Waals surface area contributed by atoms with Gasteiger partial charge in [0.15, 0.2) is 0 Å². The van der Waals surface area contributed by atoms with Crippen molar-refractivity contribution in [2.45, 2.75) is 16.9 Å². The van der Waals surface area contributed by atoms with E-state index in [0.29, 0.717) is 19.6 Å². The maximum absolute atomic E-state index is 12.6. The van der Waals surface area contributed by atoms with Crippen molar-refractivity contribution in [3.8, 4) is 0 Å². The summed E-state index contributed by atoms with van der Waals surface area (Å²) in [5, 5.41) is 6.42. The number of ether oxygens (including phenoxy) is 1. The first-order chi connectivity index (χ1) is 11.5. The van der Waals surface area contributed by atoms with E-state index in [2.05, 4.69) is 17.2 Å². The number of rotatable bonds is 6. The zero-order valence-corrected chi connectivity index (χ0v) is 14.6. The highest BCUT2D eigenvalue weighted by Crippen LogP contribution is 2.25. The quantitative estimate of drug-likeness (QED) is 0.535. The second kappa shape index (κ2) is 8.38. The Bertz CT molecular complexity index is 687. The Hall–Kier alpha value is -1.75. The number of carbonyl (C=O) groups excluding carboxylic acids is 2.